The fourth-order valence-corrected chi connectivity index (χ4v) is 2.94. The molecule has 2 heteroatoms. The first kappa shape index (κ1) is 12.6. The number of likely N-dealkylation sites (N-methyl/N-ethyl adjacent to an activating group) is 1. The van der Waals surface area contributed by atoms with Gasteiger partial charge in [-0.15, -0.1) is 0 Å². The molecule has 1 atom stereocenters. The van der Waals surface area contributed by atoms with Gasteiger partial charge in [-0.3, -0.25) is 4.90 Å². The van der Waals surface area contributed by atoms with Crippen molar-refractivity contribution in [1.29, 1.82) is 0 Å². The average molecular weight is 232 g/mol. The minimum absolute atomic E-state index is 0.0662. The van der Waals surface area contributed by atoms with Crippen LogP contribution < -0.4 is 5.73 Å². The highest BCUT2D eigenvalue weighted by molar-refractivity contribution is 5.35. The Hall–Kier alpha value is -0.860. The van der Waals surface area contributed by atoms with Gasteiger partial charge in [-0.25, -0.2) is 0 Å². The topological polar surface area (TPSA) is 29.3 Å². The van der Waals surface area contributed by atoms with Crippen LogP contribution in [0.5, 0.6) is 0 Å². The number of piperidine rings is 1. The molecule has 1 fully saturated rings. The summed E-state index contributed by atoms with van der Waals surface area (Å²) in [5.74, 6) is 0. The lowest BCUT2D eigenvalue weighted by Crippen LogP contribution is -2.52. The number of aryl methyl sites for hydroxylation is 2. The molecule has 1 saturated heterocycles. The maximum atomic E-state index is 6.11. The second kappa shape index (κ2) is 4.79. The van der Waals surface area contributed by atoms with Gasteiger partial charge in [-0.05, 0) is 63.4 Å². The molecule has 1 aromatic rings. The van der Waals surface area contributed by atoms with Gasteiger partial charge in [0.25, 0.3) is 0 Å². The van der Waals surface area contributed by atoms with Crippen molar-refractivity contribution in [3.05, 3.63) is 34.9 Å². The third kappa shape index (κ3) is 2.12. The Morgan fingerprint density at radius 1 is 1.24 bits per heavy atom. The van der Waals surface area contributed by atoms with Gasteiger partial charge in [0, 0.05) is 6.54 Å². The van der Waals surface area contributed by atoms with Gasteiger partial charge < -0.3 is 5.73 Å². The molecular weight excluding hydrogens is 208 g/mol. The van der Waals surface area contributed by atoms with Crippen molar-refractivity contribution in [3.8, 4) is 0 Å². The number of hydrogen-bond acceptors (Lipinski definition) is 2. The molecule has 2 nitrogen and oxygen atoms in total. The van der Waals surface area contributed by atoms with E-state index < -0.39 is 0 Å². The first-order valence-electron chi connectivity index (χ1n) is 6.59. The van der Waals surface area contributed by atoms with Crippen LogP contribution in [0.3, 0.4) is 0 Å². The lowest BCUT2D eigenvalue weighted by atomic mass is 9.80. The molecule has 0 saturated carbocycles. The molecule has 1 heterocycles. The summed E-state index contributed by atoms with van der Waals surface area (Å²) in [5, 5.41) is 0. The molecule has 94 valence electrons. The molecule has 0 aliphatic carbocycles. The molecule has 2 rings (SSSR count). The van der Waals surface area contributed by atoms with Crippen molar-refractivity contribution in [3.63, 3.8) is 0 Å². The highest BCUT2D eigenvalue weighted by atomic mass is 15.2. The first-order valence-corrected chi connectivity index (χ1v) is 6.59. The highest BCUT2D eigenvalue weighted by Gasteiger charge is 2.37. The Labute approximate surface area is 105 Å². The Bertz CT molecular complexity index is 400. The lowest BCUT2D eigenvalue weighted by molar-refractivity contribution is 0.0784. The molecule has 1 unspecified atom stereocenters. The number of benzene rings is 1. The van der Waals surface area contributed by atoms with Crippen molar-refractivity contribution in [1.82, 2.24) is 4.90 Å². The van der Waals surface area contributed by atoms with E-state index >= 15 is 0 Å². The maximum Gasteiger partial charge on any atom is 0.0581 e. The van der Waals surface area contributed by atoms with Gasteiger partial charge in [0.05, 0.1) is 5.54 Å². The van der Waals surface area contributed by atoms with Gasteiger partial charge in [0.15, 0.2) is 0 Å². The molecule has 1 aliphatic rings. The second-order valence-electron chi connectivity index (χ2n) is 5.41. The van der Waals surface area contributed by atoms with E-state index in [1.165, 1.54) is 36.0 Å². The van der Waals surface area contributed by atoms with Crippen LogP contribution in [0.25, 0.3) is 0 Å². The smallest absolute Gasteiger partial charge is 0.0581 e. The van der Waals surface area contributed by atoms with Gasteiger partial charge in [-0.1, -0.05) is 18.2 Å². The molecule has 0 bridgehead atoms. The predicted octanol–water partition coefficient (Wildman–Crippen LogP) is 2.57. The lowest BCUT2D eigenvalue weighted by Gasteiger charge is -2.45. The van der Waals surface area contributed by atoms with E-state index in [9.17, 15) is 0 Å². The van der Waals surface area contributed by atoms with Crippen molar-refractivity contribution in [2.75, 3.05) is 20.1 Å². The van der Waals surface area contributed by atoms with Gasteiger partial charge in [-0.2, -0.15) is 0 Å². The number of nitrogens with zero attached hydrogens (tertiary/aromatic N) is 1. The minimum Gasteiger partial charge on any atom is -0.328 e. The van der Waals surface area contributed by atoms with Crippen molar-refractivity contribution < 1.29 is 0 Å². The average Bonchev–Trinajstić information content (AvgIpc) is 2.34. The van der Waals surface area contributed by atoms with Gasteiger partial charge in [0.1, 0.15) is 0 Å². The Morgan fingerprint density at radius 3 is 2.59 bits per heavy atom. The van der Waals surface area contributed by atoms with E-state index in [1.807, 2.05) is 0 Å². The zero-order valence-electron chi connectivity index (χ0n) is 11.3. The third-order valence-electron chi connectivity index (χ3n) is 4.45. The number of likely N-dealkylation sites (tertiary alicyclic amines) is 1. The summed E-state index contributed by atoms with van der Waals surface area (Å²) >= 11 is 0. The molecule has 2 N–H and O–H groups in total. The summed E-state index contributed by atoms with van der Waals surface area (Å²) in [6.07, 6.45) is 3.76. The monoisotopic (exact) mass is 232 g/mol. The zero-order valence-corrected chi connectivity index (χ0v) is 11.3. The first-order chi connectivity index (χ1) is 8.10. The van der Waals surface area contributed by atoms with Crippen molar-refractivity contribution in [2.24, 2.45) is 5.73 Å². The summed E-state index contributed by atoms with van der Waals surface area (Å²) in [6.45, 7) is 6.22. The standard InChI is InChI=1S/C15H24N2/c1-12-6-7-14(10-13(12)2)15(11-16)8-4-5-9-17(15)3/h6-7,10H,4-5,8-9,11,16H2,1-3H3. The molecule has 0 spiro atoms. The van der Waals surface area contributed by atoms with Gasteiger partial charge >= 0.3 is 0 Å². The Balaban J connectivity index is 2.42. The quantitative estimate of drug-likeness (QED) is 0.849. The second-order valence-corrected chi connectivity index (χ2v) is 5.41. The summed E-state index contributed by atoms with van der Waals surface area (Å²) in [7, 11) is 2.21. The predicted molar refractivity (Wildman–Crippen MR) is 73.1 cm³/mol. The van der Waals surface area contributed by atoms with Crippen LogP contribution in [0.1, 0.15) is 36.0 Å². The normalized spacial score (nSPS) is 26.1. The minimum atomic E-state index is 0.0662. The summed E-state index contributed by atoms with van der Waals surface area (Å²) < 4.78 is 0. The van der Waals surface area contributed by atoms with Crippen LogP contribution in [-0.2, 0) is 5.54 Å². The van der Waals surface area contributed by atoms with Crippen molar-refractivity contribution in [2.45, 2.75) is 38.6 Å². The Morgan fingerprint density at radius 2 is 2.00 bits per heavy atom. The van der Waals surface area contributed by atoms with Crippen LogP contribution >= 0.6 is 0 Å². The highest BCUT2D eigenvalue weighted by Crippen LogP contribution is 2.36. The summed E-state index contributed by atoms with van der Waals surface area (Å²) in [6, 6.07) is 6.81. The molecule has 17 heavy (non-hydrogen) atoms. The molecular formula is C15H24N2. The van der Waals surface area contributed by atoms with Crippen molar-refractivity contribution >= 4 is 0 Å². The maximum absolute atomic E-state index is 6.11. The molecule has 0 radical (unpaired) electrons. The largest absolute Gasteiger partial charge is 0.328 e. The van der Waals surface area contributed by atoms with Crippen LogP contribution in [0, 0.1) is 13.8 Å². The SMILES string of the molecule is Cc1ccc(C2(CN)CCCCN2C)cc1C. The summed E-state index contributed by atoms with van der Waals surface area (Å²) in [4.78, 5) is 2.45. The van der Waals surface area contributed by atoms with Gasteiger partial charge in [0.2, 0.25) is 0 Å². The van der Waals surface area contributed by atoms with Crippen LogP contribution in [0.2, 0.25) is 0 Å². The van der Waals surface area contributed by atoms with E-state index in [2.05, 4.69) is 44.0 Å². The number of rotatable bonds is 2. The number of nitrogens with two attached hydrogens (primary N) is 1. The molecule has 0 amide bonds. The fourth-order valence-electron chi connectivity index (χ4n) is 2.94. The van der Waals surface area contributed by atoms with E-state index in [0.717, 1.165) is 6.54 Å². The number of hydrogen-bond donors (Lipinski definition) is 1. The van der Waals surface area contributed by atoms with E-state index in [1.54, 1.807) is 0 Å². The van der Waals surface area contributed by atoms with Crippen LogP contribution in [0.15, 0.2) is 18.2 Å². The van der Waals surface area contributed by atoms with E-state index in [4.69, 9.17) is 5.73 Å². The van der Waals surface area contributed by atoms with Crippen LogP contribution in [0.4, 0.5) is 0 Å². The summed E-state index contributed by atoms with van der Waals surface area (Å²) in [5.41, 5.74) is 10.3. The van der Waals surface area contributed by atoms with E-state index in [0.29, 0.717) is 6.54 Å². The van der Waals surface area contributed by atoms with Crippen LogP contribution in [-0.4, -0.2) is 25.0 Å². The molecule has 1 aliphatic heterocycles. The molecule has 1 aromatic carbocycles. The third-order valence-corrected chi connectivity index (χ3v) is 4.45. The van der Waals surface area contributed by atoms with E-state index in [-0.39, 0.29) is 5.54 Å². The Kier molecular flexibility index (Phi) is 3.55. The molecule has 0 aromatic heterocycles. The fraction of sp³-hybridized carbons (Fsp3) is 0.600. The zero-order chi connectivity index (χ0) is 12.5.